The van der Waals surface area contributed by atoms with Crippen molar-refractivity contribution < 1.29 is 14.7 Å². The van der Waals surface area contributed by atoms with Crippen molar-refractivity contribution in [2.75, 3.05) is 12.8 Å². The van der Waals surface area contributed by atoms with Crippen LogP contribution in [-0.2, 0) is 9.59 Å². The minimum atomic E-state index is -0.796. The van der Waals surface area contributed by atoms with E-state index >= 15 is 0 Å². The van der Waals surface area contributed by atoms with Gasteiger partial charge in [-0.15, -0.1) is 11.8 Å². The lowest BCUT2D eigenvalue weighted by molar-refractivity contribution is -0.147. The lowest BCUT2D eigenvalue weighted by Crippen LogP contribution is -2.56. The third-order valence-corrected chi connectivity index (χ3v) is 6.46. The molecule has 1 N–H and O–H groups in total. The Hall–Kier alpha value is -0.710. The van der Waals surface area contributed by atoms with Crippen LogP contribution in [0.15, 0.2) is 0 Å². The third-order valence-electron chi connectivity index (χ3n) is 4.95. The summed E-state index contributed by atoms with van der Waals surface area (Å²) < 4.78 is -0.350. The monoisotopic (exact) mass is 299 g/mol. The zero-order chi connectivity index (χ0) is 14.8. The van der Waals surface area contributed by atoms with Gasteiger partial charge in [-0.3, -0.25) is 9.59 Å². The summed E-state index contributed by atoms with van der Waals surface area (Å²) in [6, 6.07) is 0. The van der Waals surface area contributed by atoms with Crippen molar-refractivity contribution in [1.82, 2.24) is 4.90 Å². The largest absolute Gasteiger partial charge is 0.481 e. The Kier molecular flexibility index (Phi) is 4.67. The first-order chi connectivity index (χ1) is 9.40. The molecule has 0 radical (unpaired) electrons. The second kappa shape index (κ2) is 5.96. The van der Waals surface area contributed by atoms with Crippen molar-refractivity contribution >= 4 is 23.6 Å². The van der Waals surface area contributed by atoms with E-state index in [0.29, 0.717) is 0 Å². The molecule has 114 valence electrons. The topological polar surface area (TPSA) is 57.6 Å². The van der Waals surface area contributed by atoms with Crippen molar-refractivity contribution in [1.29, 1.82) is 0 Å². The number of hydrogen-bond acceptors (Lipinski definition) is 3. The first kappa shape index (κ1) is 15.7. The van der Waals surface area contributed by atoms with Gasteiger partial charge in [0, 0.05) is 7.05 Å². The van der Waals surface area contributed by atoms with E-state index in [9.17, 15) is 14.7 Å². The standard InChI is InChI=1S/C15H25NO3S/c1-14(7-6-10-20-14)13(19)16(2)15(11-12(17)18)8-4-3-5-9-15/h3-11H2,1-2H3,(H,17,18). The Labute approximate surface area is 125 Å². The summed E-state index contributed by atoms with van der Waals surface area (Å²) in [6.45, 7) is 2.01. The second-order valence-corrected chi connectivity index (χ2v) is 8.00. The first-order valence-corrected chi connectivity index (χ1v) is 8.52. The van der Waals surface area contributed by atoms with Gasteiger partial charge in [0.15, 0.2) is 0 Å². The molecule has 0 aromatic rings. The summed E-state index contributed by atoms with van der Waals surface area (Å²) in [5.41, 5.74) is -0.465. The average Bonchev–Trinajstić information content (AvgIpc) is 2.85. The van der Waals surface area contributed by atoms with Gasteiger partial charge in [-0.1, -0.05) is 19.3 Å². The van der Waals surface area contributed by atoms with Gasteiger partial charge >= 0.3 is 5.97 Å². The quantitative estimate of drug-likeness (QED) is 0.867. The first-order valence-electron chi connectivity index (χ1n) is 7.54. The number of carboxylic acids is 1. The Morgan fingerprint density at radius 1 is 1.15 bits per heavy atom. The number of carbonyl (C=O) groups excluding carboxylic acids is 1. The summed E-state index contributed by atoms with van der Waals surface area (Å²) in [6.07, 6.45) is 6.90. The highest BCUT2D eigenvalue weighted by Gasteiger charge is 2.47. The molecule has 0 aromatic carbocycles. The molecule has 20 heavy (non-hydrogen) atoms. The number of nitrogens with zero attached hydrogens (tertiary/aromatic N) is 1. The molecule has 4 nitrogen and oxygen atoms in total. The van der Waals surface area contributed by atoms with Crippen LogP contribution in [0.25, 0.3) is 0 Å². The molecule has 1 heterocycles. The Morgan fingerprint density at radius 3 is 2.30 bits per heavy atom. The van der Waals surface area contributed by atoms with Crippen molar-refractivity contribution in [2.24, 2.45) is 0 Å². The zero-order valence-corrected chi connectivity index (χ0v) is 13.3. The van der Waals surface area contributed by atoms with Crippen LogP contribution in [0.5, 0.6) is 0 Å². The average molecular weight is 299 g/mol. The fourth-order valence-corrected chi connectivity index (χ4v) is 4.93. The molecule has 1 aliphatic heterocycles. The maximum atomic E-state index is 12.9. The Morgan fingerprint density at radius 2 is 1.80 bits per heavy atom. The maximum Gasteiger partial charge on any atom is 0.305 e. The predicted molar refractivity (Wildman–Crippen MR) is 80.9 cm³/mol. The maximum absolute atomic E-state index is 12.9. The number of aliphatic carboxylic acids is 1. The fourth-order valence-electron chi connectivity index (χ4n) is 3.64. The van der Waals surface area contributed by atoms with Crippen LogP contribution in [-0.4, -0.2) is 45.0 Å². The molecule has 2 rings (SSSR count). The van der Waals surface area contributed by atoms with E-state index in [1.54, 1.807) is 16.7 Å². The van der Waals surface area contributed by atoms with Crippen molar-refractivity contribution in [3.63, 3.8) is 0 Å². The van der Waals surface area contributed by atoms with Gasteiger partial charge in [0.1, 0.15) is 0 Å². The zero-order valence-electron chi connectivity index (χ0n) is 12.5. The summed E-state index contributed by atoms with van der Waals surface area (Å²) in [5, 5.41) is 9.25. The number of rotatable bonds is 4. The fraction of sp³-hybridized carbons (Fsp3) is 0.867. The highest BCUT2D eigenvalue weighted by atomic mass is 32.2. The molecule has 2 aliphatic rings. The van der Waals surface area contributed by atoms with Crippen LogP contribution in [0.2, 0.25) is 0 Å². The second-order valence-electron chi connectivity index (χ2n) is 6.40. The number of amides is 1. The molecule has 0 aromatic heterocycles. The number of carbonyl (C=O) groups is 2. The number of hydrogen-bond donors (Lipinski definition) is 1. The lowest BCUT2D eigenvalue weighted by Gasteiger charge is -2.46. The molecule has 1 amide bonds. The van der Waals surface area contributed by atoms with E-state index in [0.717, 1.165) is 50.7 Å². The normalized spacial score (nSPS) is 29.1. The molecular formula is C15H25NO3S. The van der Waals surface area contributed by atoms with Gasteiger partial charge in [0.05, 0.1) is 16.7 Å². The van der Waals surface area contributed by atoms with Crippen LogP contribution in [0.4, 0.5) is 0 Å². The Bertz CT molecular complexity index is 385. The van der Waals surface area contributed by atoms with Gasteiger partial charge in [0.25, 0.3) is 0 Å². The SMILES string of the molecule is CN(C(=O)C1(C)CCCS1)C1(CC(=O)O)CCCCC1. The van der Waals surface area contributed by atoms with E-state index < -0.39 is 11.5 Å². The summed E-state index contributed by atoms with van der Waals surface area (Å²) in [5.74, 6) is 0.362. The minimum Gasteiger partial charge on any atom is -0.481 e. The van der Waals surface area contributed by atoms with E-state index in [4.69, 9.17) is 0 Å². The number of carboxylic acid groups (broad SMARTS) is 1. The highest BCUT2D eigenvalue weighted by Crippen LogP contribution is 2.43. The molecule has 1 aliphatic carbocycles. The third kappa shape index (κ3) is 2.97. The van der Waals surface area contributed by atoms with Crippen LogP contribution in [0.3, 0.4) is 0 Å². The van der Waals surface area contributed by atoms with Gasteiger partial charge in [0.2, 0.25) is 5.91 Å². The summed E-state index contributed by atoms with van der Waals surface area (Å²) in [7, 11) is 1.82. The molecule has 0 bridgehead atoms. The number of thioether (sulfide) groups is 1. The van der Waals surface area contributed by atoms with Gasteiger partial charge < -0.3 is 10.0 Å². The van der Waals surface area contributed by atoms with E-state index in [1.165, 1.54) is 0 Å². The summed E-state index contributed by atoms with van der Waals surface area (Å²) >= 11 is 1.72. The van der Waals surface area contributed by atoms with Gasteiger partial charge in [-0.2, -0.15) is 0 Å². The van der Waals surface area contributed by atoms with Crippen LogP contribution < -0.4 is 0 Å². The molecule has 1 saturated heterocycles. The van der Waals surface area contributed by atoms with Crippen molar-refractivity contribution in [3.8, 4) is 0 Å². The molecule has 2 fully saturated rings. The molecule has 1 atom stereocenters. The van der Waals surface area contributed by atoms with E-state index in [-0.39, 0.29) is 17.1 Å². The van der Waals surface area contributed by atoms with Crippen molar-refractivity contribution in [2.45, 2.75) is 68.6 Å². The highest BCUT2D eigenvalue weighted by molar-refractivity contribution is 8.01. The minimum absolute atomic E-state index is 0.0794. The van der Waals surface area contributed by atoms with E-state index in [1.807, 2.05) is 14.0 Å². The molecule has 1 saturated carbocycles. The summed E-state index contributed by atoms with van der Waals surface area (Å²) in [4.78, 5) is 25.9. The van der Waals surface area contributed by atoms with E-state index in [2.05, 4.69) is 0 Å². The molecule has 5 heteroatoms. The van der Waals surface area contributed by atoms with Crippen molar-refractivity contribution in [3.05, 3.63) is 0 Å². The molecular weight excluding hydrogens is 274 g/mol. The Balaban J connectivity index is 2.19. The smallest absolute Gasteiger partial charge is 0.305 e. The van der Waals surface area contributed by atoms with Crippen LogP contribution in [0, 0.1) is 0 Å². The molecule has 1 unspecified atom stereocenters. The van der Waals surface area contributed by atoms with Gasteiger partial charge in [-0.25, -0.2) is 0 Å². The van der Waals surface area contributed by atoms with Crippen LogP contribution >= 0.6 is 11.8 Å². The van der Waals surface area contributed by atoms with Crippen LogP contribution in [0.1, 0.15) is 58.3 Å². The predicted octanol–water partition coefficient (Wildman–Crippen LogP) is 2.91. The van der Waals surface area contributed by atoms with Gasteiger partial charge in [-0.05, 0) is 38.4 Å². The molecule has 0 spiro atoms. The lowest BCUT2D eigenvalue weighted by atomic mass is 9.77.